The molecule has 18 heavy (non-hydrogen) atoms. The summed E-state index contributed by atoms with van der Waals surface area (Å²) in [6, 6.07) is 0. The molecular weight excluding hydrogens is 254 g/mol. The third-order valence-electron chi connectivity index (χ3n) is 3.31. The smallest absolute Gasteiger partial charge is 0.242 e. The first-order valence-electron chi connectivity index (χ1n) is 6.36. The molecule has 0 aliphatic carbocycles. The Labute approximate surface area is 107 Å². The van der Waals surface area contributed by atoms with Gasteiger partial charge in [-0.15, -0.1) is 0 Å². The van der Waals surface area contributed by atoms with Gasteiger partial charge in [-0.25, -0.2) is 8.42 Å². The number of carbonyl (C=O) groups excluding carboxylic acids is 1. The summed E-state index contributed by atoms with van der Waals surface area (Å²) in [4.78, 5) is 16.1. The second-order valence-electron chi connectivity index (χ2n) is 4.85. The molecule has 0 saturated carbocycles. The first-order valence-corrected chi connectivity index (χ1v) is 8.18. The Morgan fingerprint density at radius 2 is 2.11 bits per heavy atom. The van der Waals surface area contributed by atoms with E-state index >= 15 is 0 Å². The number of aliphatic imine (C=N–C) groups is 1. The van der Waals surface area contributed by atoms with Crippen molar-refractivity contribution in [2.75, 3.05) is 18.1 Å². The number of nitrogens with zero attached hydrogens (tertiary/aromatic N) is 1. The number of hydrazine groups is 1. The number of amidine groups is 1. The highest BCUT2D eigenvalue weighted by atomic mass is 32.2. The molecule has 2 aliphatic heterocycles. The average molecular weight is 273 g/mol. The maximum Gasteiger partial charge on any atom is 0.242 e. The van der Waals surface area contributed by atoms with Crippen molar-refractivity contribution in [1.82, 2.24) is 10.9 Å². The Morgan fingerprint density at radius 3 is 2.83 bits per heavy atom. The van der Waals surface area contributed by atoms with E-state index in [-0.39, 0.29) is 17.4 Å². The van der Waals surface area contributed by atoms with Crippen molar-refractivity contribution >= 4 is 21.6 Å². The van der Waals surface area contributed by atoms with E-state index in [9.17, 15) is 13.2 Å². The topological polar surface area (TPSA) is 87.6 Å². The molecule has 0 aromatic heterocycles. The highest BCUT2D eigenvalue weighted by Crippen LogP contribution is 2.18. The van der Waals surface area contributed by atoms with Crippen molar-refractivity contribution in [2.24, 2.45) is 10.9 Å². The van der Waals surface area contributed by atoms with Gasteiger partial charge in [0.2, 0.25) is 5.91 Å². The molecule has 0 spiro atoms. The zero-order valence-electron chi connectivity index (χ0n) is 10.3. The van der Waals surface area contributed by atoms with Gasteiger partial charge in [0.1, 0.15) is 5.84 Å². The molecule has 2 heterocycles. The normalized spacial score (nSPS) is 27.1. The minimum absolute atomic E-state index is 0.0347. The van der Waals surface area contributed by atoms with E-state index in [1.165, 1.54) is 0 Å². The second-order valence-corrected chi connectivity index (χ2v) is 7.08. The van der Waals surface area contributed by atoms with Crippen LogP contribution in [0.4, 0.5) is 0 Å². The largest absolute Gasteiger partial charge is 0.286 e. The number of hydrogen-bond acceptors (Lipinski definition) is 5. The fourth-order valence-electron chi connectivity index (χ4n) is 2.21. The van der Waals surface area contributed by atoms with Crippen LogP contribution in [0, 0.1) is 5.92 Å². The molecule has 1 fully saturated rings. The van der Waals surface area contributed by atoms with Gasteiger partial charge in [-0.1, -0.05) is 6.42 Å². The lowest BCUT2D eigenvalue weighted by atomic mass is 10.1. The Bertz CT molecular complexity index is 444. The summed E-state index contributed by atoms with van der Waals surface area (Å²) in [5.41, 5.74) is 5.40. The average Bonchev–Trinajstić information content (AvgIpc) is 2.55. The molecule has 1 amide bonds. The van der Waals surface area contributed by atoms with Crippen molar-refractivity contribution in [3.63, 3.8) is 0 Å². The minimum Gasteiger partial charge on any atom is -0.286 e. The maximum atomic E-state index is 11.8. The standard InChI is InChI=1S/C11H19N3O3S/c15-11(9-5-7-18(16,17)8-9)14-13-10-4-2-1-3-6-12-10/h9H,1-8H2,(H,12,13)(H,14,15)/t9-/m1/s1. The Balaban J connectivity index is 1.80. The van der Waals surface area contributed by atoms with E-state index in [4.69, 9.17) is 0 Å². The molecule has 6 nitrogen and oxygen atoms in total. The van der Waals surface area contributed by atoms with Crippen LogP contribution in [0.15, 0.2) is 4.99 Å². The maximum absolute atomic E-state index is 11.8. The summed E-state index contributed by atoms with van der Waals surface area (Å²) in [7, 11) is -3.01. The molecule has 1 atom stereocenters. The van der Waals surface area contributed by atoms with Crippen LogP contribution < -0.4 is 10.9 Å². The molecule has 0 unspecified atom stereocenters. The third kappa shape index (κ3) is 3.69. The second kappa shape index (κ2) is 5.69. The highest BCUT2D eigenvalue weighted by molar-refractivity contribution is 7.91. The molecule has 2 rings (SSSR count). The zero-order chi connectivity index (χ0) is 13.0. The lowest BCUT2D eigenvalue weighted by molar-refractivity contribution is -0.124. The van der Waals surface area contributed by atoms with Crippen LogP contribution in [0.25, 0.3) is 0 Å². The van der Waals surface area contributed by atoms with E-state index in [1.54, 1.807) is 0 Å². The van der Waals surface area contributed by atoms with E-state index < -0.39 is 15.8 Å². The number of nitrogens with one attached hydrogen (secondary N) is 2. The molecule has 0 bridgehead atoms. The molecule has 0 radical (unpaired) electrons. The summed E-state index contributed by atoms with van der Waals surface area (Å²) in [6.45, 7) is 0.788. The predicted molar refractivity (Wildman–Crippen MR) is 68.8 cm³/mol. The van der Waals surface area contributed by atoms with Crippen molar-refractivity contribution in [3.8, 4) is 0 Å². The van der Waals surface area contributed by atoms with E-state index in [2.05, 4.69) is 15.8 Å². The first-order chi connectivity index (χ1) is 8.57. The molecule has 0 aromatic rings. The SMILES string of the molecule is O=C(NNC1=NCCCCC1)[C@@H]1CCS(=O)(=O)C1. The van der Waals surface area contributed by atoms with E-state index in [1.807, 2.05) is 0 Å². The Kier molecular flexibility index (Phi) is 4.21. The van der Waals surface area contributed by atoms with Crippen LogP contribution in [0.1, 0.15) is 32.1 Å². The van der Waals surface area contributed by atoms with Gasteiger partial charge in [0.05, 0.1) is 17.4 Å². The van der Waals surface area contributed by atoms with Gasteiger partial charge in [0.15, 0.2) is 9.84 Å². The van der Waals surface area contributed by atoms with Gasteiger partial charge in [0.25, 0.3) is 0 Å². The van der Waals surface area contributed by atoms with Gasteiger partial charge >= 0.3 is 0 Å². The summed E-state index contributed by atoms with van der Waals surface area (Å²) in [5, 5.41) is 0. The van der Waals surface area contributed by atoms with E-state index in [0.29, 0.717) is 6.42 Å². The number of hydrogen-bond donors (Lipinski definition) is 2. The van der Waals surface area contributed by atoms with Gasteiger partial charge in [-0.05, 0) is 19.3 Å². The number of rotatable bonds is 1. The monoisotopic (exact) mass is 273 g/mol. The molecule has 102 valence electrons. The lowest BCUT2D eigenvalue weighted by Gasteiger charge is -2.12. The third-order valence-corrected chi connectivity index (χ3v) is 5.08. The van der Waals surface area contributed by atoms with Crippen LogP contribution in [-0.2, 0) is 14.6 Å². The first kappa shape index (κ1) is 13.3. The van der Waals surface area contributed by atoms with Crippen molar-refractivity contribution in [2.45, 2.75) is 32.1 Å². The van der Waals surface area contributed by atoms with Crippen LogP contribution in [0.3, 0.4) is 0 Å². The van der Waals surface area contributed by atoms with Gasteiger partial charge in [-0.3, -0.25) is 20.6 Å². The van der Waals surface area contributed by atoms with Crippen LogP contribution >= 0.6 is 0 Å². The van der Waals surface area contributed by atoms with Crippen molar-refractivity contribution in [1.29, 1.82) is 0 Å². The number of carbonyl (C=O) groups is 1. The van der Waals surface area contributed by atoms with Crippen LogP contribution in [0.5, 0.6) is 0 Å². The fraction of sp³-hybridized carbons (Fsp3) is 0.818. The summed E-state index contributed by atoms with van der Waals surface area (Å²) < 4.78 is 22.5. The Hall–Kier alpha value is -1.11. The molecule has 2 N–H and O–H groups in total. The minimum atomic E-state index is -3.01. The van der Waals surface area contributed by atoms with Crippen molar-refractivity contribution in [3.05, 3.63) is 0 Å². The quantitative estimate of drug-likeness (QED) is 0.659. The predicted octanol–water partition coefficient (Wildman–Crippen LogP) is 0.0144. The molecule has 2 aliphatic rings. The molecule has 0 aromatic carbocycles. The fourth-order valence-corrected chi connectivity index (χ4v) is 3.96. The zero-order valence-corrected chi connectivity index (χ0v) is 11.1. The highest BCUT2D eigenvalue weighted by Gasteiger charge is 2.32. The molecule has 7 heteroatoms. The van der Waals surface area contributed by atoms with Crippen LogP contribution in [0.2, 0.25) is 0 Å². The van der Waals surface area contributed by atoms with E-state index in [0.717, 1.165) is 38.1 Å². The summed E-state index contributed by atoms with van der Waals surface area (Å²) in [6.07, 6.45) is 4.56. The Morgan fingerprint density at radius 1 is 1.28 bits per heavy atom. The van der Waals surface area contributed by atoms with Gasteiger partial charge in [-0.2, -0.15) is 0 Å². The molecule has 1 saturated heterocycles. The lowest BCUT2D eigenvalue weighted by Crippen LogP contribution is -2.44. The summed E-state index contributed by atoms with van der Waals surface area (Å²) >= 11 is 0. The number of amides is 1. The van der Waals surface area contributed by atoms with Crippen LogP contribution in [-0.4, -0.2) is 38.2 Å². The number of sulfone groups is 1. The summed E-state index contributed by atoms with van der Waals surface area (Å²) in [5.74, 6) is 0.206. The van der Waals surface area contributed by atoms with Crippen molar-refractivity contribution < 1.29 is 13.2 Å². The van der Waals surface area contributed by atoms with Gasteiger partial charge < -0.3 is 0 Å². The molecular formula is C11H19N3O3S. The van der Waals surface area contributed by atoms with Gasteiger partial charge in [0, 0.05) is 13.0 Å².